The van der Waals surface area contributed by atoms with Crippen molar-refractivity contribution in [1.29, 1.82) is 0 Å². The van der Waals surface area contributed by atoms with E-state index in [1.165, 1.54) is 25.7 Å². The van der Waals surface area contributed by atoms with E-state index in [4.69, 9.17) is 10.5 Å². The van der Waals surface area contributed by atoms with Crippen molar-refractivity contribution in [2.24, 2.45) is 0 Å². The lowest BCUT2D eigenvalue weighted by Crippen LogP contribution is -3.00. The van der Waals surface area contributed by atoms with Crippen molar-refractivity contribution in [1.82, 2.24) is 0 Å². The Morgan fingerprint density at radius 3 is 2.41 bits per heavy atom. The Hall–Kier alpha value is -1.26. The van der Waals surface area contributed by atoms with Gasteiger partial charge < -0.3 is 28.2 Å². The number of carbonyl (C=O) groups is 1. The van der Waals surface area contributed by atoms with Gasteiger partial charge in [-0.1, -0.05) is 19.8 Å². The Balaban J connectivity index is 0.00000441. The van der Waals surface area contributed by atoms with Crippen LogP contribution < -0.4 is 23.5 Å². The summed E-state index contributed by atoms with van der Waals surface area (Å²) in [7, 11) is 0. The van der Waals surface area contributed by atoms with Crippen molar-refractivity contribution >= 4 is 11.7 Å². The van der Waals surface area contributed by atoms with Gasteiger partial charge in [0.15, 0.2) is 0 Å². The molecule has 0 aliphatic carbocycles. The van der Waals surface area contributed by atoms with Gasteiger partial charge in [0.25, 0.3) is 0 Å². The van der Waals surface area contributed by atoms with Crippen LogP contribution in [0.25, 0.3) is 0 Å². The number of hydrogen-bond acceptors (Lipinski definition) is 3. The second-order valence-electron chi connectivity index (χ2n) is 6.24. The zero-order valence-electron chi connectivity index (χ0n) is 13.9. The molecule has 0 heterocycles. The Morgan fingerprint density at radius 2 is 1.82 bits per heavy atom. The lowest BCUT2D eigenvalue weighted by Gasteiger charge is -2.22. The summed E-state index contributed by atoms with van der Waals surface area (Å²) in [5, 5.41) is 2.26. The lowest BCUT2D eigenvalue weighted by molar-refractivity contribution is -0.722. The largest absolute Gasteiger partial charge is 1.00 e. The van der Waals surface area contributed by atoms with Gasteiger partial charge in [-0.2, -0.15) is 0 Å². The molecule has 0 atom stereocenters. The molecule has 1 rings (SSSR count). The predicted molar refractivity (Wildman–Crippen MR) is 86.2 cm³/mol. The van der Waals surface area contributed by atoms with Crippen LogP contribution in [0.5, 0.6) is 0 Å². The number of halogens is 1. The summed E-state index contributed by atoms with van der Waals surface area (Å²) in [4.78, 5) is 11.9. The summed E-state index contributed by atoms with van der Waals surface area (Å²) in [5.41, 5.74) is 6.70. The summed E-state index contributed by atoms with van der Waals surface area (Å²) in [5.74, 6) is -0.289. The summed E-state index contributed by atoms with van der Waals surface area (Å²) >= 11 is 0. The number of hydrogen-bond donors (Lipinski definition) is 2. The molecule has 1 aromatic rings. The van der Waals surface area contributed by atoms with E-state index in [0.717, 1.165) is 6.54 Å². The molecule has 0 aliphatic rings. The Bertz CT molecular complexity index is 433. The predicted octanol–water partition coefficient (Wildman–Crippen LogP) is -0.648. The van der Waals surface area contributed by atoms with Crippen molar-refractivity contribution in [3.8, 4) is 0 Å². The van der Waals surface area contributed by atoms with Gasteiger partial charge in [-0.05, 0) is 51.0 Å². The first-order valence-electron chi connectivity index (χ1n) is 7.81. The molecule has 126 valence electrons. The first kappa shape index (κ1) is 20.7. The molecular formula is C17H29ClN2O2. The third-order valence-electron chi connectivity index (χ3n) is 3.48. The van der Waals surface area contributed by atoms with Crippen LogP contribution in [-0.2, 0) is 4.74 Å². The van der Waals surface area contributed by atoms with E-state index in [-0.39, 0.29) is 23.9 Å². The summed E-state index contributed by atoms with van der Waals surface area (Å²) in [6.45, 7) is 7.90. The SMILES string of the molecule is CCCCCC[NH2+]C(C)(C)COC(=O)c1ccc(N)cc1.[Cl-]. The molecule has 0 amide bonds. The van der Waals surface area contributed by atoms with Gasteiger partial charge in [-0.15, -0.1) is 0 Å². The lowest BCUT2D eigenvalue weighted by atomic mass is 10.1. The van der Waals surface area contributed by atoms with Gasteiger partial charge in [0, 0.05) is 5.69 Å². The fourth-order valence-corrected chi connectivity index (χ4v) is 2.08. The minimum Gasteiger partial charge on any atom is -1.00 e. The number of benzene rings is 1. The van der Waals surface area contributed by atoms with Crippen LogP contribution in [0, 0.1) is 0 Å². The van der Waals surface area contributed by atoms with Crippen molar-refractivity contribution < 1.29 is 27.3 Å². The van der Waals surface area contributed by atoms with Crippen LogP contribution in [0.4, 0.5) is 5.69 Å². The van der Waals surface area contributed by atoms with Crippen LogP contribution in [0.2, 0.25) is 0 Å². The minimum absolute atomic E-state index is 0. The van der Waals surface area contributed by atoms with Crippen molar-refractivity contribution in [2.45, 2.75) is 52.0 Å². The topological polar surface area (TPSA) is 68.9 Å². The molecule has 22 heavy (non-hydrogen) atoms. The number of esters is 1. The number of nitrogen functional groups attached to an aromatic ring is 1. The highest BCUT2D eigenvalue weighted by Gasteiger charge is 2.23. The van der Waals surface area contributed by atoms with Gasteiger partial charge in [-0.3, -0.25) is 0 Å². The maximum absolute atomic E-state index is 11.9. The van der Waals surface area contributed by atoms with Gasteiger partial charge in [-0.25, -0.2) is 4.79 Å². The Labute approximate surface area is 140 Å². The quantitative estimate of drug-likeness (QED) is 0.360. The molecule has 0 saturated heterocycles. The summed E-state index contributed by atoms with van der Waals surface area (Å²) < 4.78 is 5.40. The zero-order chi connectivity index (χ0) is 15.7. The minimum atomic E-state index is -0.289. The first-order valence-corrected chi connectivity index (χ1v) is 7.81. The van der Waals surface area contributed by atoms with Crippen molar-refractivity contribution in [3.05, 3.63) is 29.8 Å². The van der Waals surface area contributed by atoms with E-state index >= 15 is 0 Å². The molecule has 0 saturated carbocycles. The van der Waals surface area contributed by atoms with E-state index in [2.05, 4.69) is 26.1 Å². The highest BCUT2D eigenvalue weighted by molar-refractivity contribution is 5.89. The van der Waals surface area contributed by atoms with Crippen LogP contribution in [0.15, 0.2) is 24.3 Å². The third kappa shape index (κ3) is 8.25. The fraction of sp³-hybridized carbons (Fsp3) is 0.588. The van der Waals surface area contributed by atoms with Gasteiger partial charge in [0.2, 0.25) is 0 Å². The molecule has 5 heteroatoms. The van der Waals surface area contributed by atoms with Crippen LogP contribution in [0.1, 0.15) is 56.8 Å². The molecule has 0 radical (unpaired) electrons. The second kappa shape index (κ2) is 10.5. The highest BCUT2D eigenvalue weighted by atomic mass is 35.5. The highest BCUT2D eigenvalue weighted by Crippen LogP contribution is 2.08. The van der Waals surface area contributed by atoms with Gasteiger partial charge in [0.05, 0.1) is 12.1 Å². The average molecular weight is 329 g/mol. The average Bonchev–Trinajstić information content (AvgIpc) is 2.45. The van der Waals surface area contributed by atoms with Crippen molar-refractivity contribution in [2.75, 3.05) is 18.9 Å². The smallest absolute Gasteiger partial charge is 0.338 e. The van der Waals surface area contributed by atoms with E-state index in [1.807, 2.05) is 0 Å². The van der Waals surface area contributed by atoms with Crippen molar-refractivity contribution in [3.63, 3.8) is 0 Å². The molecule has 4 nitrogen and oxygen atoms in total. The molecule has 0 aliphatic heterocycles. The third-order valence-corrected chi connectivity index (χ3v) is 3.48. The Kier molecular flexibility index (Phi) is 9.86. The molecular weight excluding hydrogens is 300 g/mol. The van der Waals surface area contributed by atoms with E-state index < -0.39 is 0 Å². The molecule has 0 spiro atoms. The van der Waals surface area contributed by atoms with E-state index in [1.54, 1.807) is 24.3 Å². The number of rotatable bonds is 9. The Morgan fingerprint density at radius 1 is 1.18 bits per heavy atom. The molecule has 0 aromatic heterocycles. The molecule has 1 aromatic carbocycles. The maximum Gasteiger partial charge on any atom is 0.338 e. The molecule has 0 fully saturated rings. The summed E-state index contributed by atoms with van der Waals surface area (Å²) in [6.07, 6.45) is 5.03. The standard InChI is InChI=1S/C17H28N2O2.ClH/c1-4-5-6-7-12-19-17(2,3)13-21-16(20)14-8-10-15(18)11-9-14;/h8-11,19H,4-7,12-13,18H2,1-3H3;1H. The zero-order valence-corrected chi connectivity index (χ0v) is 14.7. The van der Waals surface area contributed by atoms with Crippen LogP contribution in [-0.4, -0.2) is 24.7 Å². The number of anilines is 1. The van der Waals surface area contributed by atoms with Gasteiger partial charge in [0.1, 0.15) is 12.1 Å². The number of nitrogens with two attached hydrogens (primary N) is 2. The second-order valence-corrected chi connectivity index (χ2v) is 6.24. The van der Waals surface area contributed by atoms with Gasteiger partial charge >= 0.3 is 5.97 Å². The summed E-state index contributed by atoms with van der Waals surface area (Å²) in [6, 6.07) is 6.81. The molecule has 0 unspecified atom stereocenters. The first-order chi connectivity index (χ1) is 9.94. The number of unbranched alkanes of at least 4 members (excludes halogenated alkanes) is 3. The van der Waals surface area contributed by atoms with E-state index in [9.17, 15) is 4.79 Å². The maximum atomic E-state index is 11.9. The number of quaternary nitrogens is 1. The monoisotopic (exact) mass is 328 g/mol. The molecule has 4 N–H and O–H groups in total. The fourth-order valence-electron chi connectivity index (χ4n) is 2.08. The number of carbonyl (C=O) groups excluding carboxylic acids is 1. The normalized spacial score (nSPS) is 10.9. The van der Waals surface area contributed by atoms with Crippen LogP contribution in [0.3, 0.4) is 0 Å². The molecule has 0 bridgehead atoms. The number of ether oxygens (including phenoxy) is 1. The van der Waals surface area contributed by atoms with Crippen LogP contribution >= 0.6 is 0 Å². The van der Waals surface area contributed by atoms with E-state index in [0.29, 0.717) is 17.9 Å².